The van der Waals surface area contributed by atoms with Crippen LogP contribution in [0.3, 0.4) is 0 Å². The van der Waals surface area contributed by atoms with Crippen LogP contribution < -0.4 is 0 Å². The molecule has 19 heavy (non-hydrogen) atoms. The summed E-state index contributed by atoms with van der Waals surface area (Å²) < 4.78 is 51.0. The van der Waals surface area contributed by atoms with Crippen LogP contribution in [0.5, 0.6) is 0 Å². The number of amides is 1. The van der Waals surface area contributed by atoms with Gasteiger partial charge in [-0.05, 0) is 38.0 Å². The van der Waals surface area contributed by atoms with Gasteiger partial charge in [0.2, 0.25) is 0 Å². The maximum Gasteiger partial charge on any atom is 0.416 e. The predicted octanol–water partition coefficient (Wildman–Crippen LogP) is 3.47. The number of rotatable bonds is 1. The van der Waals surface area contributed by atoms with Crippen LogP contribution in [-0.4, -0.2) is 23.4 Å². The topological polar surface area (TPSA) is 20.3 Å². The molecule has 1 heterocycles. The first-order valence-corrected chi connectivity index (χ1v) is 5.98. The standard InChI is InChI=1S/C13H13F4NO/c1-8-3-2-4-18(8)12(19)9-5-10(13(15,16)17)7-11(14)6-9/h5-8H,2-4H2,1H3. The second-order valence-corrected chi connectivity index (χ2v) is 4.72. The fourth-order valence-corrected chi connectivity index (χ4v) is 2.28. The number of nitrogens with zero attached hydrogens (tertiary/aromatic N) is 1. The Morgan fingerprint density at radius 2 is 2.00 bits per heavy atom. The van der Waals surface area contributed by atoms with Gasteiger partial charge in [-0.3, -0.25) is 4.79 Å². The number of hydrogen-bond donors (Lipinski definition) is 0. The molecule has 1 aromatic carbocycles. The molecule has 1 atom stereocenters. The molecule has 2 rings (SSSR count). The zero-order valence-corrected chi connectivity index (χ0v) is 10.3. The Kier molecular flexibility index (Phi) is 3.52. The molecule has 1 amide bonds. The highest BCUT2D eigenvalue weighted by molar-refractivity contribution is 5.94. The van der Waals surface area contributed by atoms with Crippen LogP contribution in [0.1, 0.15) is 35.7 Å². The van der Waals surface area contributed by atoms with E-state index in [-0.39, 0.29) is 11.6 Å². The number of alkyl halides is 3. The van der Waals surface area contributed by atoms with Gasteiger partial charge in [0.15, 0.2) is 0 Å². The normalized spacial score (nSPS) is 19.8. The van der Waals surface area contributed by atoms with E-state index in [4.69, 9.17) is 0 Å². The second-order valence-electron chi connectivity index (χ2n) is 4.72. The number of hydrogen-bond acceptors (Lipinski definition) is 1. The van der Waals surface area contributed by atoms with Crippen molar-refractivity contribution in [2.75, 3.05) is 6.54 Å². The smallest absolute Gasteiger partial charge is 0.336 e. The minimum atomic E-state index is -4.66. The fourth-order valence-electron chi connectivity index (χ4n) is 2.28. The van der Waals surface area contributed by atoms with Crippen LogP contribution >= 0.6 is 0 Å². The van der Waals surface area contributed by atoms with E-state index in [2.05, 4.69) is 0 Å². The molecule has 1 saturated heterocycles. The Hall–Kier alpha value is -1.59. The third-order valence-corrected chi connectivity index (χ3v) is 3.29. The molecule has 1 aromatic rings. The van der Waals surface area contributed by atoms with E-state index < -0.39 is 23.5 Å². The third-order valence-electron chi connectivity index (χ3n) is 3.29. The van der Waals surface area contributed by atoms with Gasteiger partial charge in [-0.1, -0.05) is 0 Å². The monoisotopic (exact) mass is 275 g/mol. The highest BCUT2D eigenvalue weighted by atomic mass is 19.4. The lowest BCUT2D eigenvalue weighted by molar-refractivity contribution is -0.137. The van der Waals surface area contributed by atoms with Gasteiger partial charge < -0.3 is 4.90 Å². The summed E-state index contributed by atoms with van der Waals surface area (Å²) in [5.74, 6) is -1.60. The Morgan fingerprint density at radius 1 is 1.32 bits per heavy atom. The Morgan fingerprint density at radius 3 is 2.53 bits per heavy atom. The third kappa shape index (κ3) is 2.88. The molecule has 0 aromatic heterocycles. The summed E-state index contributed by atoms with van der Waals surface area (Å²) in [4.78, 5) is 13.6. The first-order valence-electron chi connectivity index (χ1n) is 5.98. The van der Waals surface area contributed by atoms with Crippen molar-refractivity contribution in [3.63, 3.8) is 0 Å². The van der Waals surface area contributed by atoms with Crippen molar-refractivity contribution in [3.8, 4) is 0 Å². The molecule has 0 aliphatic carbocycles. The molecule has 0 radical (unpaired) electrons. The largest absolute Gasteiger partial charge is 0.416 e. The Balaban J connectivity index is 2.34. The molecule has 1 aliphatic heterocycles. The number of halogens is 4. The van der Waals surface area contributed by atoms with Crippen LogP contribution in [0.25, 0.3) is 0 Å². The molecular weight excluding hydrogens is 262 g/mol. The molecular formula is C13H13F4NO. The van der Waals surface area contributed by atoms with E-state index in [9.17, 15) is 22.4 Å². The zero-order chi connectivity index (χ0) is 14.2. The molecule has 1 unspecified atom stereocenters. The maximum atomic E-state index is 13.2. The highest BCUT2D eigenvalue weighted by Gasteiger charge is 2.33. The number of benzene rings is 1. The average molecular weight is 275 g/mol. The van der Waals surface area contributed by atoms with Gasteiger partial charge in [-0.2, -0.15) is 13.2 Å². The molecule has 104 valence electrons. The SMILES string of the molecule is CC1CCCN1C(=O)c1cc(F)cc(C(F)(F)F)c1. The molecule has 0 N–H and O–H groups in total. The first kappa shape index (κ1) is 13.8. The van der Waals surface area contributed by atoms with E-state index in [1.54, 1.807) is 0 Å². The van der Waals surface area contributed by atoms with Crippen molar-refractivity contribution in [2.24, 2.45) is 0 Å². The van der Waals surface area contributed by atoms with Crippen LogP contribution in [-0.2, 0) is 6.18 Å². The van der Waals surface area contributed by atoms with Crippen LogP contribution in [0.15, 0.2) is 18.2 Å². The van der Waals surface area contributed by atoms with Gasteiger partial charge in [0.25, 0.3) is 5.91 Å². The lowest BCUT2D eigenvalue weighted by Crippen LogP contribution is -2.33. The van der Waals surface area contributed by atoms with Crippen LogP contribution in [0.2, 0.25) is 0 Å². The van der Waals surface area contributed by atoms with Gasteiger partial charge in [-0.25, -0.2) is 4.39 Å². The number of likely N-dealkylation sites (tertiary alicyclic amines) is 1. The Labute approximate surface area is 108 Å². The van der Waals surface area contributed by atoms with Gasteiger partial charge in [0, 0.05) is 18.2 Å². The molecule has 6 heteroatoms. The van der Waals surface area contributed by atoms with Gasteiger partial charge in [-0.15, -0.1) is 0 Å². The quantitative estimate of drug-likeness (QED) is 0.719. The van der Waals surface area contributed by atoms with Crippen molar-refractivity contribution in [1.82, 2.24) is 4.90 Å². The average Bonchev–Trinajstić information content (AvgIpc) is 2.72. The van der Waals surface area contributed by atoms with Crippen molar-refractivity contribution in [1.29, 1.82) is 0 Å². The molecule has 0 saturated carbocycles. The van der Waals surface area contributed by atoms with Gasteiger partial charge in [0.05, 0.1) is 5.56 Å². The van der Waals surface area contributed by atoms with E-state index >= 15 is 0 Å². The van der Waals surface area contributed by atoms with E-state index in [1.165, 1.54) is 4.90 Å². The molecule has 2 nitrogen and oxygen atoms in total. The summed E-state index contributed by atoms with van der Waals surface area (Å²) in [7, 11) is 0. The van der Waals surface area contributed by atoms with E-state index in [0.29, 0.717) is 18.7 Å². The van der Waals surface area contributed by atoms with E-state index in [1.807, 2.05) is 6.92 Å². The summed E-state index contributed by atoms with van der Waals surface area (Å²) in [6, 6.07) is 1.92. The minimum Gasteiger partial charge on any atom is -0.336 e. The Bertz CT molecular complexity index is 498. The van der Waals surface area contributed by atoms with Crippen molar-refractivity contribution in [3.05, 3.63) is 35.1 Å². The van der Waals surface area contributed by atoms with Crippen molar-refractivity contribution >= 4 is 5.91 Å². The van der Waals surface area contributed by atoms with Crippen LogP contribution in [0, 0.1) is 5.82 Å². The molecule has 1 fully saturated rings. The minimum absolute atomic E-state index is 0.0231. The van der Waals surface area contributed by atoms with E-state index in [0.717, 1.165) is 18.9 Å². The zero-order valence-electron chi connectivity index (χ0n) is 10.3. The summed E-state index contributed by atoms with van der Waals surface area (Å²) in [6.07, 6.45) is -3.03. The molecule has 0 spiro atoms. The summed E-state index contributed by atoms with van der Waals surface area (Å²) in [5.41, 5.74) is -1.39. The fraction of sp³-hybridized carbons (Fsp3) is 0.462. The number of carbonyl (C=O) groups excluding carboxylic acids is 1. The van der Waals surface area contributed by atoms with Crippen molar-refractivity contribution < 1.29 is 22.4 Å². The van der Waals surface area contributed by atoms with Crippen LogP contribution in [0.4, 0.5) is 17.6 Å². The lowest BCUT2D eigenvalue weighted by atomic mass is 10.1. The van der Waals surface area contributed by atoms with Crippen molar-refractivity contribution in [2.45, 2.75) is 32.0 Å². The second kappa shape index (κ2) is 4.83. The molecule has 1 aliphatic rings. The first-order chi connectivity index (χ1) is 8.79. The number of carbonyl (C=O) groups is 1. The summed E-state index contributed by atoms with van der Waals surface area (Å²) >= 11 is 0. The summed E-state index contributed by atoms with van der Waals surface area (Å²) in [5, 5.41) is 0. The summed E-state index contributed by atoms with van der Waals surface area (Å²) in [6.45, 7) is 2.33. The predicted molar refractivity (Wildman–Crippen MR) is 61.1 cm³/mol. The van der Waals surface area contributed by atoms with Gasteiger partial charge >= 0.3 is 6.18 Å². The molecule has 0 bridgehead atoms. The maximum absolute atomic E-state index is 13.2. The van der Waals surface area contributed by atoms with Gasteiger partial charge in [0.1, 0.15) is 5.82 Å². The highest BCUT2D eigenvalue weighted by Crippen LogP contribution is 2.31. The lowest BCUT2D eigenvalue weighted by Gasteiger charge is -2.22.